The molecule has 0 aliphatic heterocycles. The standard InChI is InChI=1S/C20H42O2/c1-3-5-7-9-11-13-15-18-22-20-16-19-21-17-14-12-10-8-6-4-2/h3-20H2,1-2H3. The second kappa shape index (κ2) is 20.9. The Morgan fingerprint density at radius 2 is 0.682 bits per heavy atom. The molecule has 2 nitrogen and oxygen atoms in total. The zero-order valence-electron chi connectivity index (χ0n) is 15.5. The van der Waals surface area contributed by atoms with Crippen molar-refractivity contribution >= 4 is 0 Å². The van der Waals surface area contributed by atoms with Crippen LogP contribution in [0.15, 0.2) is 0 Å². The van der Waals surface area contributed by atoms with Crippen molar-refractivity contribution in [3.8, 4) is 0 Å². The molecule has 0 saturated carbocycles. The SMILES string of the molecule is CCCCCCCCCOCCCOCCCCCCCC. The van der Waals surface area contributed by atoms with Gasteiger partial charge in [0, 0.05) is 26.4 Å². The number of unbranched alkanes of at least 4 members (excludes halogenated alkanes) is 11. The molecule has 0 spiro atoms. The monoisotopic (exact) mass is 314 g/mol. The normalized spacial score (nSPS) is 11.2. The van der Waals surface area contributed by atoms with Gasteiger partial charge in [-0.15, -0.1) is 0 Å². The van der Waals surface area contributed by atoms with Crippen LogP contribution in [0.3, 0.4) is 0 Å². The van der Waals surface area contributed by atoms with Gasteiger partial charge < -0.3 is 9.47 Å². The molecule has 134 valence electrons. The average Bonchev–Trinajstić information content (AvgIpc) is 2.54. The molecule has 0 aliphatic carbocycles. The number of rotatable bonds is 19. The maximum absolute atomic E-state index is 5.65. The molecule has 0 unspecified atom stereocenters. The molecule has 0 N–H and O–H groups in total. The number of ether oxygens (including phenoxy) is 2. The van der Waals surface area contributed by atoms with E-state index in [9.17, 15) is 0 Å². The van der Waals surface area contributed by atoms with E-state index in [4.69, 9.17) is 9.47 Å². The molecule has 0 aromatic carbocycles. The van der Waals surface area contributed by atoms with Gasteiger partial charge in [0.25, 0.3) is 0 Å². The van der Waals surface area contributed by atoms with E-state index in [1.165, 1.54) is 83.5 Å². The lowest BCUT2D eigenvalue weighted by Crippen LogP contribution is -2.03. The first-order chi connectivity index (χ1) is 10.9. The van der Waals surface area contributed by atoms with Gasteiger partial charge in [-0.3, -0.25) is 0 Å². The largest absolute Gasteiger partial charge is 0.381 e. The van der Waals surface area contributed by atoms with Crippen molar-refractivity contribution in [3.05, 3.63) is 0 Å². The summed E-state index contributed by atoms with van der Waals surface area (Å²) in [6.45, 7) is 8.14. The van der Waals surface area contributed by atoms with Crippen LogP contribution < -0.4 is 0 Å². The summed E-state index contributed by atoms with van der Waals surface area (Å²) in [4.78, 5) is 0. The molecule has 0 bridgehead atoms. The van der Waals surface area contributed by atoms with Gasteiger partial charge >= 0.3 is 0 Å². The van der Waals surface area contributed by atoms with E-state index in [0.717, 1.165) is 32.8 Å². The topological polar surface area (TPSA) is 18.5 Å². The lowest BCUT2D eigenvalue weighted by atomic mass is 10.1. The second-order valence-corrected chi connectivity index (χ2v) is 6.47. The van der Waals surface area contributed by atoms with E-state index in [-0.39, 0.29) is 0 Å². The molecule has 0 fully saturated rings. The molecule has 0 radical (unpaired) electrons. The maximum Gasteiger partial charge on any atom is 0.0487 e. The highest BCUT2D eigenvalue weighted by atomic mass is 16.5. The summed E-state index contributed by atoms with van der Waals surface area (Å²) in [6, 6.07) is 0. The van der Waals surface area contributed by atoms with Crippen molar-refractivity contribution in [1.82, 2.24) is 0 Å². The highest BCUT2D eigenvalue weighted by molar-refractivity contribution is 4.46. The van der Waals surface area contributed by atoms with E-state index in [0.29, 0.717) is 0 Å². The third-order valence-corrected chi connectivity index (χ3v) is 4.11. The van der Waals surface area contributed by atoms with Crippen LogP contribution >= 0.6 is 0 Å². The van der Waals surface area contributed by atoms with E-state index in [2.05, 4.69) is 13.8 Å². The highest BCUT2D eigenvalue weighted by Crippen LogP contribution is 2.07. The van der Waals surface area contributed by atoms with Crippen LogP contribution in [0.1, 0.15) is 104 Å². The quantitative estimate of drug-likeness (QED) is 0.253. The highest BCUT2D eigenvalue weighted by Gasteiger charge is 1.94. The Morgan fingerprint density at radius 1 is 0.364 bits per heavy atom. The van der Waals surface area contributed by atoms with Crippen molar-refractivity contribution in [1.29, 1.82) is 0 Å². The summed E-state index contributed by atoms with van der Waals surface area (Å²) in [5.74, 6) is 0. The Bertz CT molecular complexity index is 163. The van der Waals surface area contributed by atoms with Gasteiger partial charge in [0.05, 0.1) is 0 Å². The Morgan fingerprint density at radius 3 is 1.09 bits per heavy atom. The molecule has 22 heavy (non-hydrogen) atoms. The minimum absolute atomic E-state index is 0.867. The smallest absolute Gasteiger partial charge is 0.0487 e. The first-order valence-electron chi connectivity index (χ1n) is 10.1. The van der Waals surface area contributed by atoms with Crippen LogP contribution in [-0.2, 0) is 9.47 Å². The molecule has 0 aliphatic rings. The number of hydrogen-bond acceptors (Lipinski definition) is 2. The zero-order valence-corrected chi connectivity index (χ0v) is 15.5. The van der Waals surface area contributed by atoms with Gasteiger partial charge in [-0.05, 0) is 19.3 Å². The van der Waals surface area contributed by atoms with Crippen LogP contribution in [0.2, 0.25) is 0 Å². The molecule has 0 saturated heterocycles. The Labute approximate surface area is 140 Å². The summed E-state index contributed by atoms with van der Waals surface area (Å²) in [6.07, 6.45) is 18.6. The first kappa shape index (κ1) is 21.9. The third-order valence-electron chi connectivity index (χ3n) is 4.11. The summed E-state index contributed by atoms with van der Waals surface area (Å²) in [5, 5.41) is 0. The van der Waals surface area contributed by atoms with Crippen molar-refractivity contribution < 1.29 is 9.47 Å². The minimum Gasteiger partial charge on any atom is -0.381 e. The zero-order chi connectivity index (χ0) is 16.1. The fourth-order valence-electron chi connectivity index (χ4n) is 2.61. The molecule has 0 heterocycles. The van der Waals surface area contributed by atoms with Gasteiger partial charge in [-0.1, -0.05) is 84.5 Å². The Balaban J connectivity index is 2.91. The summed E-state index contributed by atoms with van der Waals surface area (Å²) in [5.41, 5.74) is 0. The van der Waals surface area contributed by atoms with E-state index in [1.807, 2.05) is 0 Å². The van der Waals surface area contributed by atoms with Gasteiger partial charge in [-0.2, -0.15) is 0 Å². The molecule has 0 atom stereocenters. The average molecular weight is 315 g/mol. The molecule has 2 heteroatoms. The van der Waals surface area contributed by atoms with Gasteiger partial charge in [-0.25, -0.2) is 0 Å². The van der Waals surface area contributed by atoms with E-state index in [1.54, 1.807) is 0 Å². The molecule has 0 rings (SSSR count). The summed E-state index contributed by atoms with van der Waals surface area (Å²) >= 11 is 0. The lowest BCUT2D eigenvalue weighted by Gasteiger charge is -2.06. The third kappa shape index (κ3) is 19.9. The lowest BCUT2D eigenvalue weighted by molar-refractivity contribution is 0.0794. The fourth-order valence-corrected chi connectivity index (χ4v) is 2.61. The number of hydrogen-bond donors (Lipinski definition) is 0. The molecule has 0 aromatic rings. The van der Waals surface area contributed by atoms with Crippen LogP contribution in [0.4, 0.5) is 0 Å². The van der Waals surface area contributed by atoms with Crippen LogP contribution in [0.5, 0.6) is 0 Å². The maximum atomic E-state index is 5.65. The summed E-state index contributed by atoms with van der Waals surface area (Å²) < 4.78 is 11.3. The first-order valence-corrected chi connectivity index (χ1v) is 10.1. The van der Waals surface area contributed by atoms with Crippen molar-refractivity contribution in [3.63, 3.8) is 0 Å². The van der Waals surface area contributed by atoms with Crippen LogP contribution in [-0.4, -0.2) is 26.4 Å². The molecular formula is C20H42O2. The molecule has 0 amide bonds. The fraction of sp³-hybridized carbons (Fsp3) is 1.00. The van der Waals surface area contributed by atoms with E-state index < -0.39 is 0 Å². The second-order valence-electron chi connectivity index (χ2n) is 6.47. The van der Waals surface area contributed by atoms with Gasteiger partial charge in [0.1, 0.15) is 0 Å². The Hall–Kier alpha value is -0.0800. The molecular weight excluding hydrogens is 272 g/mol. The minimum atomic E-state index is 0.867. The predicted octanol–water partition coefficient (Wildman–Crippen LogP) is 6.52. The van der Waals surface area contributed by atoms with Crippen LogP contribution in [0.25, 0.3) is 0 Å². The van der Waals surface area contributed by atoms with Gasteiger partial charge in [0.15, 0.2) is 0 Å². The van der Waals surface area contributed by atoms with Gasteiger partial charge in [0.2, 0.25) is 0 Å². The van der Waals surface area contributed by atoms with E-state index >= 15 is 0 Å². The van der Waals surface area contributed by atoms with Crippen molar-refractivity contribution in [2.45, 2.75) is 104 Å². The van der Waals surface area contributed by atoms with Crippen LogP contribution in [0, 0.1) is 0 Å². The van der Waals surface area contributed by atoms with Crippen molar-refractivity contribution in [2.75, 3.05) is 26.4 Å². The Kier molecular flexibility index (Phi) is 20.8. The molecule has 0 aromatic heterocycles. The van der Waals surface area contributed by atoms with Crippen molar-refractivity contribution in [2.24, 2.45) is 0 Å². The predicted molar refractivity (Wildman–Crippen MR) is 97.6 cm³/mol. The summed E-state index contributed by atoms with van der Waals surface area (Å²) in [7, 11) is 0.